The van der Waals surface area contributed by atoms with Gasteiger partial charge < -0.3 is 4.90 Å². The van der Waals surface area contributed by atoms with Gasteiger partial charge in [-0.05, 0) is 19.8 Å². The predicted molar refractivity (Wildman–Crippen MR) is 83.4 cm³/mol. The Morgan fingerprint density at radius 1 is 1.32 bits per heavy atom. The van der Waals surface area contributed by atoms with Crippen molar-refractivity contribution in [2.75, 3.05) is 31.3 Å². The number of aryl methyl sites for hydroxylation is 1. The van der Waals surface area contributed by atoms with Crippen LogP contribution in [0.5, 0.6) is 0 Å². The highest BCUT2D eigenvalue weighted by Crippen LogP contribution is 2.23. The summed E-state index contributed by atoms with van der Waals surface area (Å²) in [7, 11) is -1.08. The van der Waals surface area contributed by atoms with E-state index in [0.717, 1.165) is 24.4 Å². The van der Waals surface area contributed by atoms with Crippen molar-refractivity contribution in [1.82, 2.24) is 23.9 Å². The molecule has 1 aliphatic rings. The minimum Gasteiger partial charge on any atom is -0.356 e. The molecule has 0 aromatic carbocycles. The van der Waals surface area contributed by atoms with Crippen LogP contribution >= 0.6 is 0 Å². The summed E-state index contributed by atoms with van der Waals surface area (Å²) in [6, 6.07) is 2.25. The average molecular weight is 324 g/mol. The van der Waals surface area contributed by atoms with E-state index in [1.807, 2.05) is 20.0 Å². The van der Waals surface area contributed by atoms with Crippen LogP contribution in [0.15, 0.2) is 12.4 Å². The average Bonchev–Trinajstić information content (AvgIpc) is 2.93. The van der Waals surface area contributed by atoms with E-state index < -0.39 is 10.0 Å². The molecule has 1 aliphatic heterocycles. The number of aromatic nitrogens is 4. The molecule has 0 radical (unpaired) electrons. The molecule has 0 aliphatic carbocycles. The molecule has 120 valence electrons. The normalized spacial score (nSPS) is 18.0. The molecule has 0 spiro atoms. The molecule has 0 saturated carbocycles. The van der Waals surface area contributed by atoms with Crippen molar-refractivity contribution in [2.24, 2.45) is 0 Å². The summed E-state index contributed by atoms with van der Waals surface area (Å²) in [6.45, 7) is 3.04. The van der Waals surface area contributed by atoms with Gasteiger partial charge in [-0.15, -0.1) is 0 Å². The van der Waals surface area contributed by atoms with Crippen LogP contribution in [0.4, 0.5) is 5.82 Å². The second kappa shape index (κ2) is 5.47. The van der Waals surface area contributed by atoms with Crippen LogP contribution in [0.3, 0.4) is 0 Å². The lowest BCUT2D eigenvalue weighted by Crippen LogP contribution is -2.45. The van der Waals surface area contributed by atoms with Crippen LogP contribution < -0.4 is 4.90 Å². The summed E-state index contributed by atoms with van der Waals surface area (Å²) in [5.74, 6) is 1.51. The Hall–Kier alpha value is -1.74. The molecule has 2 aromatic rings. The largest absolute Gasteiger partial charge is 0.356 e. The molecule has 0 atom stereocenters. The molecular formula is C13H20N6O2S. The fourth-order valence-electron chi connectivity index (χ4n) is 2.91. The summed E-state index contributed by atoms with van der Waals surface area (Å²) < 4.78 is 26.5. The van der Waals surface area contributed by atoms with E-state index in [9.17, 15) is 8.42 Å². The van der Waals surface area contributed by atoms with Crippen molar-refractivity contribution in [3.63, 3.8) is 0 Å². The highest BCUT2D eigenvalue weighted by Gasteiger charge is 2.28. The van der Waals surface area contributed by atoms with Crippen LogP contribution in [-0.2, 0) is 10.0 Å². The molecule has 0 amide bonds. The molecule has 3 heterocycles. The molecule has 8 nitrogen and oxygen atoms in total. The van der Waals surface area contributed by atoms with Gasteiger partial charge in [0.05, 0.1) is 6.26 Å². The Kier molecular flexibility index (Phi) is 3.77. The molecule has 1 saturated heterocycles. The number of hydrogen-bond acceptors (Lipinski definition) is 6. The van der Waals surface area contributed by atoms with Crippen LogP contribution in [-0.4, -0.2) is 64.7 Å². The van der Waals surface area contributed by atoms with Gasteiger partial charge in [0.2, 0.25) is 10.0 Å². The second-order valence-corrected chi connectivity index (χ2v) is 7.71. The van der Waals surface area contributed by atoms with Gasteiger partial charge in [-0.3, -0.25) is 0 Å². The van der Waals surface area contributed by atoms with Gasteiger partial charge >= 0.3 is 0 Å². The van der Waals surface area contributed by atoms with Gasteiger partial charge in [0.25, 0.3) is 5.78 Å². The quantitative estimate of drug-likeness (QED) is 0.807. The molecule has 2 aromatic heterocycles. The van der Waals surface area contributed by atoms with Crippen molar-refractivity contribution in [3.05, 3.63) is 18.1 Å². The smallest absolute Gasteiger partial charge is 0.254 e. The van der Waals surface area contributed by atoms with Crippen molar-refractivity contribution >= 4 is 21.6 Å². The fraction of sp³-hybridized carbons (Fsp3) is 0.615. The van der Waals surface area contributed by atoms with Crippen molar-refractivity contribution in [1.29, 1.82) is 0 Å². The Bertz CT molecular complexity index is 779. The summed E-state index contributed by atoms with van der Waals surface area (Å²) in [4.78, 5) is 10.6. The van der Waals surface area contributed by atoms with Crippen LogP contribution in [0, 0.1) is 6.92 Å². The Balaban J connectivity index is 1.82. The maximum atomic E-state index is 11.6. The third-order valence-electron chi connectivity index (χ3n) is 4.16. The van der Waals surface area contributed by atoms with Crippen LogP contribution in [0.25, 0.3) is 5.78 Å². The first kappa shape index (κ1) is 15.2. The summed E-state index contributed by atoms with van der Waals surface area (Å²) in [5, 5.41) is 4.22. The number of fused-ring (bicyclic) bond motifs is 1. The summed E-state index contributed by atoms with van der Waals surface area (Å²) in [6.07, 6.45) is 4.34. The van der Waals surface area contributed by atoms with Gasteiger partial charge in [-0.1, -0.05) is 0 Å². The van der Waals surface area contributed by atoms with Crippen LogP contribution in [0.1, 0.15) is 18.5 Å². The van der Waals surface area contributed by atoms with Crippen molar-refractivity contribution in [2.45, 2.75) is 25.8 Å². The molecule has 9 heteroatoms. The van der Waals surface area contributed by atoms with E-state index in [4.69, 9.17) is 0 Å². The zero-order valence-corrected chi connectivity index (χ0v) is 13.8. The molecular weight excluding hydrogens is 304 g/mol. The van der Waals surface area contributed by atoms with Gasteiger partial charge in [0.15, 0.2) is 0 Å². The second-order valence-electron chi connectivity index (χ2n) is 5.73. The number of nitrogens with zero attached hydrogens (tertiary/aromatic N) is 6. The monoisotopic (exact) mass is 324 g/mol. The number of piperidine rings is 1. The summed E-state index contributed by atoms with van der Waals surface area (Å²) >= 11 is 0. The molecule has 0 bridgehead atoms. The highest BCUT2D eigenvalue weighted by molar-refractivity contribution is 7.88. The van der Waals surface area contributed by atoms with E-state index >= 15 is 0 Å². The number of hydrogen-bond donors (Lipinski definition) is 0. The fourth-order valence-corrected chi connectivity index (χ4v) is 3.78. The molecule has 1 fully saturated rings. The van der Waals surface area contributed by atoms with E-state index in [0.29, 0.717) is 18.9 Å². The van der Waals surface area contributed by atoms with Crippen molar-refractivity contribution < 1.29 is 8.42 Å². The first-order valence-electron chi connectivity index (χ1n) is 7.21. The SMILES string of the molecule is Cc1cc(N(C)C2CCN(S(C)(=O)=O)CC2)n2ncnc2n1. The lowest BCUT2D eigenvalue weighted by molar-refractivity contribution is 0.315. The number of sulfonamides is 1. The zero-order chi connectivity index (χ0) is 15.9. The first-order chi connectivity index (χ1) is 10.4. The molecule has 0 unspecified atom stereocenters. The first-order valence-corrected chi connectivity index (χ1v) is 9.06. The van der Waals surface area contributed by atoms with E-state index in [1.54, 1.807) is 8.82 Å². The lowest BCUT2D eigenvalue weighted by Gasteiger charge is -2.36. The number of anilines is 1. The van der Waals surface area contributed by atoms with E-state index in [1.165, 1.54) is 12.6 Å². The Labute approximate surface area is 129 Å². The van der Waals surface area contributed by atoms with Crippen molar-refractivity contribution in [3.8, 4) is 0 Å². The standard InChI is InChI=1S/C13H20N6O2S/c1-10-8-12(19-13(16-10)14-9-15-19)17(2)11-4-6-18(7-5-11)22(3,20)21/h8-9,11H,4-7H2,1-3H3. The maximum Gasteiger partial charge on any atom is 0.254 e. The van der Waals surface area contributed by atoms with E-state index in [-0.39, 0.29) is 6.04 Å². The van der Waals surface area contributed by atoms with Crippen LogP contribution in [0.2, 0.25) is 0 Å². The van der Waals surface area contributed by atoms with E-state index in [2.05, 4.69) is 20.0 Å². The minimum absolute atomic E-state index is 0.271. The highest BCUT2D eigenvalue weighted by atomic mass is 32.2. The van der Waals surface area contributed by atoms with Gasteiger partial charge in [0.1, 0.15) is 12.1 Å². The minimum atomic E-state index is -3.09. The number of rotatable bonds is 3. The van der Waals surface area contributed by atoms with Gasteiger partial charge in [-0.25, -0.2) is 17.7 Å². The summed E-state index contributed by atoms with van der Waals surface area (Å²) in [5.41, 5.74) is 0.885. The maximum absolute atomic E-state index is 11.6. The molecule has 22 heavy (non-hydrogen) atoms. The third kappa shape index (κ3) is 2.78. The zero-order valence-electron chi connectivity index (χ0n) is 13.0. The lowest BCUT2D eigenvalue weighted by atomic mass is 10.1. The predicted octanol–water partition coefficient (Wildman–Crippen LogP) is 0.293. The topological polar surface area (TPSA) is 83.7 Å². The van der Waals surface area contributed by atoms with Gasteiger partial charge in [-0.2, -0.15) is 14.6 Å². The Morgan fingerprint density at radius 2 is 2.00 bits per heavy atom. The molecule has 0 N–H and O–H groups in total. The Morgan fingerprint density at radius 3 is 2.64 bits per heavy atom. The third-order valence-corrected chi connectivity index (χ3v) is 5.47. The van der Waals surface area contributed by atoms with Gasteiger partial charge in [0, 0.05) is 37.9 Å². The molecule has 3 rings (SSSR count).